The topological polar surface area (TPSA) is 80.5 Å². The van der Waals surface area contributed by atoms with Crippen molar-refractivity contribution in [3.05, 3.63) is 63.1 Å². The fraction of sp³-hybridized carbons (Fsp3) is 0.433. The van der Waals surface area contributed by atoms with E-state index < -0.39 is 11.8 Å². The minimum absolute atomic E-state index is 0.115. The van der Waals surface area contributed by atoms with Crippen molar-refractivity contribution in [2.75, 3.05) is 18.6 Å². The van der Waals surface area contributed by atoms with Gasteiger partial charge in [0.05, 0.1) is 27.4 Å². The van der Waals surface area contributed by atoms with E-state index in [1.165, 1.54) is 24.5 Å². The maximum absolute atomic E-state index is 14.8. The second kappa shape index (κ2) is 12.7. The molecule has 2 atom stereocenters. The molecule has 1 aliphatic rings. The molecule has 11 heteroatoms. The molecule has 2 aromatic heterocycles. The molecule has 0 radical (unpaired) electrons. The normalized spacial score (nSPS) is 14.8. The molecule has 218 valence electrons. The number of ether oxygens (including phenoxy) is 1. The summed E-state index contributed by atoms with van der Waals surface area (Å²) in [5.74, 6) is 0.181. The summed E-state index contributed by atoms with van der Waals surface area (Å²) in [7, 11) is 1.28. The van der Waals surface area contributed by atoms with Gasteiger partial charge in [-0.05, 0) is 63.8 Å². The molecule has 0 aliphatic heterocycles. The number of hydrogen-bond donors (Lipinski definition) is 1. The maximum atomic E-state index is 14.8. The zero-order chi connectivity index (χ0) is 29.3. The van der Waals surface area contributed by atoms with Crippen molar-refractivity contribution in [2.45, 2.75) is 71.0 Å². The second-order valence-corrected chi connectivity index (χ2v) is 12.2. The predicted octanol–water partition coefficient (Wildman–Crippen LogP) is 8.23. The van der Waals surface area contributed by atoms with E-state index in [1.54, 1.807) is 6.07 Å². The number of hydrogen-bond acceptors (Lipinski definition) is 8. The third kappa shape index (κ3) is 6.23. The van der Waals surface area contributed by atoms with Crippen molar-refractivity contribution in [3.63, 3.8) is 0 Å². The lowest BCUT2D eigenvalue weighted by Gasteiger charge is -2.31. The number of anilines is 1. The summed E-state index contributed by atoms with van der Waals surface area (Å²) in [5.41, 5.74) is 2.83. The van der Waals surface area contributed by atoms with Crippen LogP contribution in [0.15, 0.2) is 34.9 Å². The Morgan fingerprint density at radius 3 is 2.63 bits per heavy atom. The smallest absolute Gasteiger partial charge is 0.338 e. The minimum atomic E-state index is -0.573. The quantitative estimate of drug-likeness (QED) is 0.160. The van der Waals surface area contributed by atoms with E-state index in [0.717, 1.165) is 42.1 Å². The predicted molar refractivity (Wildman–Crippen MR) is 163 cm³/mol. The molecule has 1 aliphatic carbocycles. The minimum Gasteiger partial charge on any atom is -0.465 e. The molecule has 7 nitrogen and oxygen atoms in total. The van der Waals surface area contributed by atoms with Crippen LogP contribution >= 0.6 is 34.5 Å². The average Bonchev–Trinajstić information content (AvgIpc) is 3.58. The molecule has 2 aromatic carbocycles. The number of esters is 1. The molecule has 0 amide bonds. The van der Waals surface area contributed by atoms with Gasteiger partial charge in [-0.25, -0.2) is 14.2 Å². The molecule has 5 rings (SSSR count). The maximum Gasteiger partial charge on any atom is 0.338 e. The van der Waals surface area contributed by atoms with E-state index in [0.29, 0.717) is 45.0 Å². The van der Waals surface area contributed by atoms with Crippen molar-refractivity contribution < 1.29 is 18.4 Å². The van der Waals surface area contributed by atoms with Gasteiger partial charge >= 0.3 is 5.97 Å². The molecule has 1 fully saturated rings. The number of nitrogens with one attached hydrogen (secondary N) is 1. The first-order chi connectivity index (χ1) is 19.7. The van der Waals surface area contributed by atoms with Crippen LogP contribution < -0.4 is 10.2 Å². The first kappa shape index (κ1) is 29.8. The van der Waals surface area contributed by atoms with Crippen LogP contribution in [0.5, 0.6) is 0 Å². The molecule has 0 spiro atoms. The Balaban J connectivity index is 1.34. The summed E-state index contributed by atoms with van der Waals surface area (Å²) >= 11 is 14.4. The summed E-state index contributed by atoms with van der Waals surface area (Å²) < 4.78 is 26.0. The highest BCUT2D eigenvalue weighted by Gasteiger charge is 2.33. The van der Waals surface area contributed by atoms with E-state index >= 15 is 0 Å². The highest BCUT2D eigenvalue weighted by atomic mass is 35.5. The van der Waals surface area contributed by atoms with Crippen LogP contribution in [0.1, 0.15) is 74.1 Å². The molecule has 1 saturated carbocycles. The Hall–Kier alpha value is -2.72. The molecule has 2 unspecified atom stereocenters. The zero-order valence-electron chi connectivity index (χ0n) is 23.5. The van der Waals surface area contributed by atoms with Gasteiger partial charge in [0, 0.05) is 42.2 Å². The molecule has 1 N–H and O–H groups in total. The van der Waals surface area contributed by atoms with Crippen LogP contribution in [0.4, 0.5) is 9.52 Å². The second-order valence-electron chi connectivity index (χ2n) is 10.4. The third-order valence-corrected chi connectivity index (χ3v) is 9.30. The fourth-order valence-corrected chi connectivity index (χ4v) is 6.99. The lowest BCUT2D eigenvalue weighted by Crippen LogP contribution is -2.39. The van der Waals surface area contributed by atoms with Gasteiger partial charge in [-0.15, -0.1) is 0 Å². The van der Waals surface area contributed by atoms with Gasteiger partial charge in [-0.1, -0.05) is 52.7 Å². The molecule has 0 saturated heterocycles. The van der Waals surface area contributed by atoms with Crippen molar-refractivity contribution in [3.8, 4) is 11.3 Å². The number of carbonyl (C=O) groups is 1. The van der Waals surface area contributed by atoms with E-state index in [2.05, 4.69) is 41.1 Å². The molecular weight excluding hydrogens is 586 g/mol. The highest BCUT2D eigenvalue weighted by Crippen LogP contribution is 2.46. The number of methoxy groups -OCH3 is 1. The van der Waals surface area contributed by atoms with Crippen LogP contribution in [0.3, 0.4) is 0 Å². The number of rotatable bonds is 12. The first-order valence-electron chi connectivity index (χ1n) is 13.9. The Morgan fingerprint density at radius 1 is 1.27 bits per heavy atom. The summed E-state index contributed by atoms with van der Waals surface area (Å²) in [6.07, 6.45) is 3.91. The molecule has 0 bridgehead atoms. The van der Waals surface area contributed by atoms with Crippen LogP contribution in [0, 0.1) is 5.82 Å². The monoisotopic (exact) mass is 618 g/mol. The van der Waals surface area contributed by atoms with E-state index in [4.69, 9.17) is 32.5 Å². The summed E-state index contributed by atoms with van der Waals surface area (Å²) in [6.45, 7) is 7.65. The summed E-state index contributed by atoms with van der Waals surface area (Å²) in [5, 5.41) is 9.93. The van der Waals surface area contributed by atoms with Gasteiger partial charge < -0.3 is 19.5 Å². The Morgan fingerprint density at radius 2 is 2.00 bits per heavy atom. The SMILES string of the molecule is CCC(CC(C)N(CC)c1nc2c(F)cc(C(=O)OC)cc2s1)NCc1c(-c2c(Cl)cccc2Cl)noc1C1CC1. The largest absolute Gasteiger partial charge is 0.465 e. The van der Waals surface area contributed by atoms with Crippen molar-refractivity contribution in [2.24, 2.45) is 0 Å². The van der Waals surface area contributed by atoms with E-state index in [-0.39, 0.29) is 23.2 Å². The van der Waals surface area contributed by atoms with E-state index in [9.17, 15) is 9.18 Å². The number of thiazole rings is 1. The number of benzene rings is 2. The van der Waals surface area contributed by atoms with Gasteiger partial charge in [0.1, 0.15) is 17.0 Å². The third-order valence-electron chi connectivity index (χ3n) is 7.63. The lowest BCUT2D eigenvalue weighted by atomic mass is 10.0. The zero-order valence-corrected chi connectivity index (χ0v) is 25.8. The van der Waals surface area contributed by atoms with Crippen LogP contribution in [0.2, 0.25) is 10.0 Å². The number of nitrogens with zero attached hydrogens (tertiary/aromatic N) is 3. The Labute approximate surface area is 253 Å². The van der Waals surface area contributed by atoms with Gasteiger partial charge in [0.25, 0.3) is 0 Å². The number of fused-ring (bicyclic) bond motifs is 1. The van der Waals surface area contributed by atoms with Crippen molar-refractivity contribution >= 4 is 55.9 Å². The number of aromatic nitrogens is 2. The van der Waals surface area contributed by atoms with Crippen LogP contribution in [0.25, 0.3) is 21.5 Å². The molecule has 41 heavy (non-hydrogen) atoms. The van der Waals surface area contributed by atoms with Gasteiger partial charge in [0.15, 0.2) is 10.9 Å². The Bertz CT molecular complexity index is 1530. The van der Waals surface area contributed by atoms with Crippen LogP contribution in [-0.4, -0.2) is 41.8 Å². The number of carbonyl (C=O) groups excluding carboxylic acids is 1. The van der Waals surface area contributed by atoms with Gasteiger partial charge in [0.2, 0.25) is 0 Å². The van der Waals surface area contributed by atoms with E-state index in [1.807, 2.05) is 18.2 Å². The fourth-order valence-electron chi connectivity index (χ4n) is 5.23. The lowest BCUT2D eigenvalue weighted by molar-refractivity contribution is 0.0600. The first-order valence-corrected chi connectivity index (χ1v) is 15.4. The molecule has 2 heterocycles. The van der Waals surface area contributed by atoms with Crippen LogP contribution in [-0.2, 0) is 11.3 Å². The van der Waals surface area contributed by atoms with Gasteiger partial charge in [-0.3, -0.25) is 0 Å². The van der Waals surface area contributed by atoms with Crippen molar-refractivity contribution in [1.29, 1.82) is 0 Å². The standard InChI is InChI=1S/C30H33Cl2FN4O3S/c1-5-19(34-15-20-26(36-40-28(20)17-10-11-17)25-21(31)8-7-9-22(25)32)12-16(3)37(6-2)30-35-27-23(33)13-18(29(38)39-4)14-24(27)41-30/h7-9,13-14,16-17,19,34H,5-6,10-12,15H2,1-4H3. The highest BCUT2D eigenvalue weighted by molar-refractivity contribution is 7.22. The summed E-state index contributed by atoms with van der Waals surface area (Å²) in [4.78, 5) is 18.7. The average molecular weight is 620 g/mol. The molecule has 4 aromatic rings. The van der Waals surface area contributed by atoms with Crippen molar-refractivity contribution in [1.82, 2.24) is 15.5 Å². The Kier molecular flexibility index (Phi) is 9.18. The molecular formula is C30H33Cl2FN4O3S. The number of halogens is 3. The summed E-state index contributed by atoms with van der Waals surface area (Å²) in [6, 6.07) is 8.56. The van der Waals surface area contributed by atoms with Gasteiger partial charge in [-0.2, -0.15) is 0 Å².